The number of hydrogen-bond acceptors (Lipinski definition) is 2. The van der Waals surface area contributed by atoms with Crippen LogP contribution in [0.15, 0.2) is 10.9 Å². The molecule has 0 bridgehead atoms. The molecule has 1 aliphatic heterocycles. The third-order valence-electron chi connectivity index (χ3n) is 2.43. The van der Waals surface area contributed by atoms with Crippen molar-refractivity contribution >= 4 is 0 Å². The SMILES string of the molecule is CCCc1cc(=O)n2c(n1)CCC2. The van der Waals surface area contributed by atoms with E-state index in [0.29, 0.717) is 0 Å². The second-order valence-corrected chi connectivity index (χ2v) is 3.51. The molecule has 0 spiro atoms. The average Bonchev–Trinajstić information content (AvgIpc) is 2.53. The number of rotatable bonds is 2. The Kier molecular flexibility index (Phi) is 2.17. The van der Waals surface area contributed by atoms with Gasteiger partial charge in [0.1, 0.15) is 5.82 Å². The molecule has 2 rings (SSSR count). The van der Waals surface area contributed by atoms with Crippen molar-refractivity contribution in [3.8, 4) is 0 Å². The summed E-state index contributed by atoms with van der Waals surface area (Å²) in [5.41, 5.74) is 1.09. The molecular formula is C10H14N2O. The molecule has 70 valence electrons. The number of hydrogen-bond donors (Lipinski definition) is 0. The summed E-state index contributed by atoms with van der Waals surface area (Å²) in [5, 5.41) is 0. The molecule has 2 heterocycles. The third-order valence-corrected chi connectivity index (χ3v) is 2.43. The molecule has 0 saturated heterocycles. The van der Waals surface area contributed by atoms with Gasteiger partial charge in [-0.05, 0) is 12.8 Å². The Balaban J connectivity index is 2.44. The van der Waals surface area contributed by atoms with Crippen molar-refractivity contribution < 1.29 is 0 Å². The van der Waals surface area contributed by atoms with E-state index >= 15 is 0 Å². The lowest BCUT2D eigenvalue weighted by Crippen LogP contribution is -2.21. The van der Waals surface area contributed by atoms with Gasteiger partial charge in [0.15, 0.2) is 0 Å². The smallest absolute Gasteiger partial charge is 0.253 e. The zero-order chi connectivity index (χ0) is 9.26. The average molecular weight is 178 g/mol. The van der Waals surface area contributed by atoms with Crippen LogP contribution in [0, 0.1) is 0 Å². The van der Waals surface area contributed by atoms with Crippen molar-refractivity contribution in [3.63, 3.8) is 0 Å². The lowest BCUT2D eigenvalue weighted by atomic mass is 10.2. The monoisotopic (exact) mass is 178 g/mol. The van der Waals surface area contributed by atoms with Gasteiger partial charge in [0, 0.05) is 24.7 Å². The van der Waals surface area contributed by atoms with Crippen LogP contribution in [0.3, 0.4) is 0 Å². The maximum absolute atomic E-state index is 11.5. The van der Waals surface area contributed by atoms with Crippen LogP contribution >= 0.6 is 0 Å². The predicted molar refractivity (Wildman–Crippen MR) is 50.8 cm³/mol. The summed E-state index contributed by atoms with van der Waals surface area (Å²) in [6.45, 7) is 2.96. The lowest BCUT2D eigenvalue weighted by molar-refractivity contribution is 0.701. The van der Waals surface area contributed by atoms with Crippen LogP contribution in [0.4, 0.5) is 0 Å². The van der Waals surface area contributed by atoms with Crippen molar-refractivity contribution in [1.29, 1.82) is 0 Å². The van der Waals surface area contributed by atoms with Gasteiger partial charge in [-0.1, -0.05) is 13.3 Å². The molecule has 0 amide bonds. The molecule has 13 heavy (non-hydrogen) atoms. The summed E-state index contributed by atoms with van der Waals surface area (Å²) in [5.74, 6) is 0.982. The van der Waals surface area contributed by atoms with Gasteiger partial charge in [-0.2, -0.15) is 0 Å². The zero-order valence-electron chi connectivity index (χ0n) is 7.92. The summed E-state index contributed by atoms with van der Waals surface area (Å²) in [7, 11) is 0. The molecule has 0 fully saturated rings. The Morgan fingerprint density at radius 2 is 2.46 bits per heavy atom. The summed E-state index contributed by atoms with van der Waals surface area (Å²) >= 11 is 0. The summed E-state index contributed by atoms with van der Waals surface area (Å²) in [4.78, 5) is 16.0. The van der Waals surface area contributed by atoms with Gasteiger partial charge in [-0.25, -0.2) is 4.98 Å². The van der Waals surface area contributed by atoms with E-state index in [0.717, 1.165) is 43.7 Å². The first-order valence-electron chi connectivity index (χ1n) is 4.91. The van der Waals surface area contributed by atoms with Crippen molar-refractivity contribution in [3.05, 3.63) is 27.9 Å². The fraction of sp³-hybridized carbons (Fsp3) is 0.600. The van der Waals surface area contributed by atoms with E-state index in [2.05, 4.69) is 11.9 Å². The molecule has 3 nitrogen and oxygen atoms in total. The van der Waals surface area contributed by atoms with Gasteiger partial charge in [-0.3, -0.25) is 9.36 Å². The number of aryl methyl sites for hydroxylation is 2. The van der Waals surface area contributed by atoms with E-state index in [1.807, 2.05) is 0 Å². The van der Waals surface area contributed by atoms with Gasteiger partial charge in [0.2, 0.25) is 0 Å². The summed E-state index contributed by atoms with van der Waals surface area (Å²) in [6, 6.07) is 1.68. The first-order valence-corrected chi connectivity index (χ1v) is 4.91. The van der Waals surface area contributed by atoms with E-state index in [9.17, 15) is 4.79 Å². The van der Waals surface area contributed by atoms with Crippen molar-refractivity contribution in [2.45, 2.75) is 39.2 Å². The molecule has 3 heteroatoms. The molecule has 1 aromatic rings. The third kappa shape index (κ3) is 1.50. The first kappa shape index (κ1) is 8.48. The van der Waals surface area contributed by atoms with Crippen LogP contribution in [-0.4, -0.2) is 9.55 Å². The van der Waals surface area contributed by atoms with E-state index in [1.165, 1.54) is 0 Å². The molecule has 1 aromatic heterocycles. The van der Waals surface area contributed by atoms with Gasteiger partial charge in [-0.15, -0.1) is 0 Å². The van der Waals surface area contributed by atoms with Crippen LogP contribution in [0.1, 0.15) is 31.3 Å². The maximum Gasteiger partial charge on any atom is 0.253 e. The molecule has 0 aliphatic carbocycles. The second kappa shape index (κ2) is 3.32. The van der Waals surface area contributed by atoms with Crippen molar-refractivity contribution in [2.75, 3.05) is 0 Å². The highest BCUT2D eigenvalue weighted by Crippen LogP contribution is 2.09. The predicted octanol–water partition coefficient (Wildman–Crippen LogP) is 1.14. The summed E-state index contributed by atoms with van der Waals surface area (Å²) < 4.78 is 1.79. The zero-order valence-corrected chi connectivity index (χ0v) is 7.92. The quantitative estimate of drug-likeness (QED) is 0.680. The van der Waals surface area contributed by atoms with Crippen molar-refractivity contribution in [2.24, 2.45) is 0 Å². The molecule has 0 saturated carbocycles. The minimum atomic E-state index is 0.131. The Labute approximate surface area is 77.4 Å². The van der Waals surface area contributed by atoms with Gasteiger partial charge < -0.3 is 0 Å². The van der Waals surface area contributed by atoms with Crippen molar-refractivity contribution in [1.82, 2.24) is 9.55 Å². The van der Waals surface area contributed by atoms with Crippen LogP contribution in [-0.2, 0) is 19.4 Å². The van der Waals surface area contributed by atoms with Gasteiger partial charge >= 0.3 is 0 Å². The fourth-order valence-corrected chi connectivity index (χ4v) is 1.82. The van der Waals surface area contributed by atoms with Crippen LogP contribution < -0.4 is 5.56 Å². The number of aromatic nitrogens is 2. The van der Waals surface area contributed by atoms with Gasteiger partial charge in [0.25, 0.3) is 5.56 Å². The summed E-state index contributed by atoms with van der Waals surface area (Å²) in [6.07, 6.45) is 4.00. The van der Waals surface area contributed by atoms with E-state index < -0.39 is 0 Å². The largest absolute Gasteiger partial charge is 0.297 e. The van der Waals surface area contributed by atoms with E-state index in [4.69, 9.17) is 0 Å². The standard InChI is InChI=1S/C10H14N2O/c1-2-4-8-7-10(13)12-6-3-5-9(12)11-8/h7H,2-6H2,1H3. The Morgan fingerprint density at radius 1 is 1.62 bits per heavy atom. The minimum absolute atomic E-state index is 0.131. The molecule has 1 aliphatic rings. The van der Waals surface area contributed by atoms with Crippen LogP contribution in [0.5, 0.6) is 0 Å². The Morgan fingerprint density at radius 3 is 3.23 bits per heavy atom. The molecule has 0 aromatic carbocycles. The van der Waals surface area contributed by atoms with Gasteiger partial charge in [0.05, 0.1) is 0 Å². The van der Waals surface area contributed by atoms with Crippen LogP contribution in [0.2, 0.25) is 0 Å². The normalized spacial score (nSPS) is 14.5. The highest BCUT2D eigenvalue weighted by molar-refractivity contribution is 5.07. The maximum atomic E-state index is 11.5. The highest BCUT2D eigenvalue weighted by Gasteiger charge is 2.13. The Hall–Kier alpha value is -1.12. The number of nitrogens with zero attached hydrogens (tertiary/aromatic N) is 2. The Bertz CT molecular complexity index is 368. The van der Waals surface area contributed by atoms with E-state index in [1.54, 1.807) is 10.6 Å². The minimum Gasteiger partial charge on any atom is -0.297 e. The fourth-order valence-electron chi connectivity index (χ4n) is 1.82. The molecule has 0 radical (unpaired) electrons. The van der Waals surface area contributed by atoms with E-state index in [-0.39, 0.29) is 5.56 Å². The number of fused-ring (bicyclic) bond motifs is 1. The molecule has 0 N–H and O–H groups in total. The first-order chi connectivity index (χ1) is 6.31. The second-order valence-electron chi connectivity index (χ2n) is 3.51. The lowest BCUT2D eigenvalue weighted by Gasteiger charge is -2.03. The molecule has 0 atom stereocenters. The molecular weight excluding hydrogens is 164 g/mol. The van der Waals surface area contributed by atoms with Crippen LogP contribution in [0.25, 0.3) is 0 Å². The molecule has 0 unspecified atom stereocenters. The highest BCUT2D eigenvalue weighted by atomic mass is 16.1. The topological polar surface area (TPSA) is 34.9 Å².